The molecule has 40 heavy (non-hydrogen) atoms. The van der Waals surface area contributed by atoms with Gasteiger partial charge in [-0.05, 0) is 57.0 Å². The monoisotopic (exact) mass is 531 g/mol. The zero-order valence-electron chi connectivity index (χ0n) is 22.1. The SMILES string of the molecule is N#Cc1cnn2cc(-c3cnn(C4CCNCC4)c3)nc(-c3ccc(N4CCC(c5ncccn5)CC4)nc3)c12. The molecule has 0 saturated carbocycles. The van der Waals surface area contributed by atoms with Gasteiger partial charge in [-0.2, -0.15) is 15.5 Å². The van der Waals surface area contributed by atoms with Crippen molar-refractivity contribution >= 4 is 11.3 Å². The van der Waals surface area contributed by atoms with E-state index in [1.165, 1.54) is 0 Å². The van der Waals surface area contributed by atoms with E-state index >= 15 is 0 Å². The van der Waals surface area contributed by atoms with E-state index in [-0.39, 0.29) is 0 Å². The molecule has 1 N–H and O–H groups in total. The van der Waals surface area contributed by atoms with E-state index in [1.54, 1.807) is 10.7 Å². The highest BCUT2D eigenvalue weighted by atomic mass is 15.3. The second-order valence-electron chi connectivity index (χ2n) is 10.4. The maximum Gasteiger partial charge on any atom is 0.131 e. The second-order valence-corrected chi connectivity index (χ2v) is 10.4. The molecule has 5 aromatic rings. The molecule has 0 bridgehead atoms. The Morgan fingerprint density at radius 3 is 2.45 bits per heavy atom. The van der Waals surface area contributed by atoms with Crippen LogP contribution in [0.5, 0.6) is 0 Å². The summed E-state index contributed by atoms with van der Waals surface area (Å²) in [5, 5.41) is 22.3. The van der Waals surface area contributed by atoms with Crippen LogP contribution in [-0.2, 0) is 0 Å². The highest BCUT2D eigenvalue weighted by Gasteiger charge is 2.24. The molecule has 11 heteroatoms. The zero-order chi connectivity index (χ0) is 26.9. The Bertz CT molecular complexity index is 1650. The third-order valence-corrected chi connectivity index (χ3v) is 7.99. The normalized spacial score (nSPS) is 16.8. The summed E-state index contributed by atoms with van der Waals surface area (Å²) in [6.07, 6.45) is 16.9. The predicted octanol–water partition coefficient (Wildman–Crippen LogP) is 3.62. The molecule has 2 aliphatic rings. The maximum absolute atomic E-state index is 9.77. The minimum absolute atomic E-state index is 0.377. The lowest BCUT2D eigenvalue weighted by Gasteiger charge is -2.32. The van der Waals surface area contributed by atoms with Crippen LogP contribution >= 0.6 is 0 Å². The largest absolute Gasteiger partial charge is 0.357 e. The number of aromatic nitrogens is 8. The van der Waals surface area contributed by atoms with Gasteiger partial charge in [-0.3, -0.25) is 4.68 Å². The molecular formula is C29H29N11. The van der Waals surface area contributed by atoms with Crippen molar-refractivity contribution in [3.05, 3.63) is 73.0 Å². The van der Waals surface area contributed by atoms with Gasteiger partial charge in [0.05, 0.1) is 36.0 Å². The number of anilines is 1. The summed E-state index contributed by atoms with van der Waals surface area (Å²) in [6.45, 7) is 3.80. The summed E-state index contributed by atoms with van der Waals surface area (Å²) in [4.78, 5) is 21.0. The van der Waals surface area contributed by atoms with Crippen molar-refractivity contribution in [3.8, 4) is 28.6 Å². The van der Waals surface area contributed by atoms with Crippen LogP contribution in [0.4, 0.5) is 5.82 Å². The van der Waals surface area contributed by atoms with Crippen LogP contribution in [-0.4, -0.2) is 65.5 Å². The lowest BCUT2D eigenvalue weighted by atomic mass is 9.96. The number of fused-ring (bicyclic) bond motifs is 1. The Hall–Kier alpha value is -4.69. The highest BCUT2D eigenvalue weighted by Crippen LogP contribution is 2.32. The van der Waals surface area contributed by atoms with E-state index in [1.807, 2.05) is 49.2 Å². The highest BCUT2D eigenvalue weighted by molar-refractivity contribution is 5.83. The molecule has 2 aliphatic heterocycles. The third-order valence-electron chi connectivity index (χ3n) is 7.99. The first-order valence-electron chi connectivity index (χ1n) is 13.8. The molecule has 2 saturated heterocycles. The summed E-state index contributed by atoms with van der Waals surface area (Å²) >= 11 is 0. The number of hydrogen-bond acceptors (Lipinski definition) is 9. The summed E-state index contributed by atoms with van der Waals surface area (Å²) in [7, 11) is 0. The van der Waals surface area contributed by atoms with Crippen LogP contribution in [0.3, 0.4) is 0 Å². The van der Waals surface area contributed by atoms with E-state index in [9.17, 15) is 5.26 Å². The van der Waals surface area contributed by atoms with Crippen molar-refractivity contribution in [1.29, 1.82) is 5.26 Å². The molecule has 5 aromatic heterocycles. The standard InChI is InChI=1S/C29H29N11/c30-14-22-16-36-40-19-25(23-17-35-39(18-23)24-4-10-31-11-5-24)37-27(28(22)40)21-2-3-26(34-15-21)38-12-6-20(7-13-38)29-32-8-1-9-33-29/h1-3,8-9,15-20,24,31H,4-7,10-13H2. The molecule has 0 radical (unpaired) electrons. The van der Waals surface area contributed by atoms with Crippen LogP contribution in [0.15, 0.2) is 61.6 Å². The third kappa shape index (κ3) is 4.56. The van der Waals surface area contributed by atoms with E-state index in [4.69, 9.17) is 9.97 Å². The van der Waals surface area contributed by atoms with Gasteiger partial charge in [-0.25, -0.2) is 24.5 Å². The molecule has 0 spiro atoms. The number of nitriles is 1. The Morgan fingerprint density at radius 2 is 1.70 bits per heavy atom. The van der Waals surface area contributed by atoms with Crippen molar-refractivity contribution in [1.82, 2.24) is 44.6 Å². The Morgan fingerprint density at radius 1 is 0.875 bits per heavy atom. The molecule has 7 rings (SSSR count). The predicted molar refractivity (Wildman–Crippen MR) is 150 cm³/mol. The van der Waals surface area contributed by atoms with Crippen molar-refractivity contribution < 1.29 is 0 Å². The van der Waals surface area contributed by atoms with Crippen molar-refractivity contribution in [2.24, 2.45) is 0 Å². The average molecular weight is 532 g/mol. The van der Waals surface area contributed by atoms with Gasteiger partial charge in [0.1, 0.15) is 28.8 Å². The molecule has 0 unspecified atom stereocenters. The first kappa shape index (κ1) is 24.4. The van der Waals surface area contributed by atoms with E-state index in [0.29, 0.717) is 28.7 Å². The molecule has 0 amide bonds. The van der Waals surface area contributed by atoms with Crippen molar-refractivity contribution in [2.45, 2.75) is 37.6 Å². The Balaban J connectivity index is 1.17. The van der Waals surface area contributed by atoms with Crippen molar-refractivity contribution in [3.63, 3.8) is 0 Å². The van der Waals surface area contributed by atoms with Crippen molar-refractivity contribution in [2.75, 3.05) is 31.1 Å². The number of nitrogens with zero attached hydrogens (tertiary/aromatic N) is 10. The van der Waals surface area contributed by atoms with Crippen LogP contribution in [0.2, 0.25) is 0 Å². The number of hydrogen-bond donors (Lipinski definition) is 1. The number of piperidine rings is 2. The van der Waals surface area contributed by atoms with Crippen LogP contribution in [0, 0.1) is 11.3 Å². The first-order valence-corrected chi connectivity index (χ1v) is 13.8. The van der Waals surface area contributed by atoms with Gasteiger partial charge >= 0.3 is 0 Å². The fraction of sp³-hybridized carbons (Fsp3) is 0.345. The van der Waals surface area contributed by atoms with Crippen LogP contribution in [0.1, 0.15) is 49.0 Å². The summed E-state index contributed by atoms with van der Waals surface area (Å²) in [5.74, 6) is 2.23. The number of rotatable bonds is 5. The molecule has 0 atom stereocenters. The lowest BCUT2D eigenvalue weighted by molar-refractivity contribution is 0.343. The Labute approximate surface area is 231 Å². The van der Waals surface area contributed by atoms with Gasteiger partial charge in [-0.1, -0.05) is 0 Å². The van der Waals surface area contributed by atoms with Gasteiger partial charge in [0.25, 0.3) is 0 Å². The molecule has 200 valence electrons. The topological polar surface area (TPSA) is 126 Å². The molecule has 0 aliphatic carbocycles. The van der Waals surface area contributed by atoms with Gasteiger partial charge in [0.2, 0.25) is 0 Å². The van der Waals surface area contributed by atoms with Crippen LogP contribution < -0.4 is 10.2 Å². The number of pyridine rings is 1. The van der Waals surface area contributed by atoms with Gasteiger partial charge < -0.3 is 10.2 Å². The summed E-state index contributed by atoms with van der Waals surface area (Å²) in [6, 6.07) is 8.58. The molecule has 0 aromatic carbocycles. The zero-order valence-corrected chi connectivity index (χ0v) is 22.1. The molecular weight excluding hydrogens is 502 g/mol. The van der Waals surface area contributed by atoms with E-state index in [2.05, 4.69) is 47.3 Å². The van der Waals surface area contributed by atoms with E-state index < -0.39 is 0 Å². The second kappa shape index (κ2) is 10.5. The number of nitrogens with one attached hydrogen (secondary N) is 1. The quantitative estimate of drug-likeness (QED) is 0.362. The summed E-state index contributed by atoms with van der Waals surface area (Å²) < 4.78 is 3.79. The maximum atomic E-state index is 9.77. The summed E-state index contributed by atoms with van der Waals surface area (Å²) in [5.41, 5.74) is 4.35. The average Bonchev–Trinajstić information content (AvgIpc) is 3.70. The van der Waals surface area contributed by atoms with E-state index in [0.717, 1.165) is 80.3 Å². The van der Waals surface area contributed by atoms with Gasteiger partial charge in [0, 0.05) is 54.9 Å². The van der Waals surface area contributed by atoms with Gasteiger partial charge in [-0.15, -0.1) is 0 Å². The first-order chi connectivity index (χ1) is 19.8. The fourth-order valence-electron chi connectivity index (χ4n) is 5.78. The Kier molecular flexibility index (Phi) is 6.37. The van der Waals surface area contributed by atoms with Crippen LogP contribution in [0.25, 0.3) is 28.0 Å². The molecule has 7 heterocycles. The lowest BCUT2D eigenvalue weighted by Crippen LogP contribution is -2.33. The minimum Gasteiger partial charge on any atom is -0.357 e. The molecule has 2 fully saturated rings. The molecule has 11 nitrogen and oxygen atoms in total. The smallest absolute Gasteiger partial charge is 0.131 e. The minimum atomic E-state index is 0.377. The van der Waals surface area contributed by atoms with Gasteiger partial charge in [0.15, 0.2) is 0 Å². The fourth-order valence-corrected chi connectivity index (χ4v) is 5.78.